The highest BCUT2D eigenvalue weighted by atomic mass is 16.5. The van der Waals surface area contributed by atoms with Crippen molar-refractivity contribution in [2.24, 2.45) is 0 Å². The van der Waals surface area contributed by atoms with Gasteiger partial charge in [-0.2, -0.15) is 0 Å². The maximum Gasteiger partial charge on any atom is 0.338 e. The number of ether oxygens (including phenoxy) is 1. The molecule has 2 N–H and O–H groups in total. The molecule has 0 radical (unpaired) electrons. The number of aliphatic hydroxyl groups excluding tert-OH is 2. The summed E-state index contributed by atoms with van der Waals surface area (Å²) >= 11 is 0. The molecule has 4 nitrogen and oxygen atoms in total. The molecule has 0 heterocycles. The van der Waals surface area contributed by atoms with Gasteiger partial charge in [0.1, 0.15) is 6.10 Å². The average molecular weight is 262 g/mol. The standard InChI is InChI=1S/C15H18O4/c1-2-10-8-12(16)13(17)9-14(10)19-15(18)11-6-4-3-5-7-11/h2-7,12-14,16-17H,8-9H2,1H3/b10-2+. The minimum atomic E-state index is -0.850. The smallest absolute Gasteiger partial charge is 0.338 e. The summed E-state index contributed by atoms with van der Waals surface area (Å²) in [5.41, 5.74) is 1.33. The van der Waals surface area contributed by atoms with Crippen molar-refractivity contribution in [3.63, 3.8) is 0 Å². The Morgan fingerprint density at radius 2 is 1.95 bits per heavy atom. The van der Waals surface area contributed by atoms with Gasteiger partial charge in [-0.25, -0.2) is 4.79 Å². The number of aliphatic hydroxyl groups is 2. The number of esters is 1. The van der Waals surface area contributed by atoms with E-state index in [0.29, 0.717) is 12.0 Å². The van der Waals surface area contributed by atoms with Crippen molar-refractivity contribution in [2.45, 2.75) is 38.1 Å². The first-order valence-electron chi connectivity index (χ1n) is 6.39. The highest BCUT2D eigenvalue weighted by Crippen LogP contribution is 2.27. The Labute approximate surface area is 112 Å². The molecule has 1 aromatic carbocycles. The van der Waals surface area contributed by atoms with E-state index in [1.165, 1.54) is 0 Å². The van der Waals surface area contributed by atoms with Crippen LogP contribution in [0, 0.1) is 0 Å². The first-order valence-corrected chi connectivity index (χ1v) is 6.39. The number of hydrogen-bond acceptors (Lipinski definition) is 4. The third kappa shape index (κ3) is 3.22. The van der Waals surface area contributed by atoms with E-state index in [1.807, 2.05) is 19.1 Å². The van der Waals surface area contributed by atoms with Crippen molar-refractivity contribution in [3.05, 3.63) is 47.5 Å². The number of carbonyl (C=O) groups is 1. The third-order valence-corrected chi connectivity index (χ3v) is 3.39. The molecule has 2 rings (SSSR count). The molecule has 3 atom stereocenters. The van der Waals surface area contributed by atoms with Crippen LogP contribution in [-0.2, 0) is 4.74 Å². The van der Waals surface area contributed by atoms with Gasteiger partial charge < -0.3 is 14.9 Å². The van der Waals surface area contributed by atoms with Gasteiger partial charge in [0.15, 0.2) is 0 Å². The van der Waals surface area contributed by atoms with Crippen molar-refractivity contribution < 1.29 is 19.7 Å². The maximum atomic E-state index is 12.0. The quantitative estimate of drug-likeness (QED) is 0.628. The van der Waals surface area contributed by atoms with Gasteiger partial charge in [0.05, 0.1) is 17.8 Å². The minimum Gasteiger partial charge on any atom is -0.454 e. The van der Waals surface area contributed by atoms with Crippen molar-refractivity contribution in [3.8, 4) is 0 Å². The Balaban J connectivity index is 2.07. The molecule has 1 aliphatic rings. The van der Waals surface area contributed by atoms with Crippen molar-refractivity contribution in [1.29, 1.82) is 0 Å². The van der Waals surface area contributed by atoms with Crippen LogP contribution >= 0.6 is 0 Å². The molecule has 1 fully saturated rings. The SMILES string of the molecule is C/C=C1\CC(O)C(O)CC1OC(=O)c1ccccc1. The molecule has 4 heteroatoms. The Hall–Kier alpha value is -1.65. The Morgan fingerprint density at radius 3 is 2.58 bits per heavy atom. The number of hydrogen-bond donors (Lipinski definition) is 2. The van der Waals surface area contributed by atoms with E-state index in [-0.39, 0.29) is 6.42 Å². The molecular weight excluding hydrogens is 244 g/mol. The summed E-state index contributed by atoms with van der Waals surface area (Å²) < 4.78 is 5.42. The molecule has 0 saturated heterocycles. The largest absolute Gasteiger partial charge is 0.454 e. The molecule has 0 amide bonds. The zero-order valence-electron chi connectivity index (χ0n) is 10.8. The van der Waals surface area contributed by atoms with E-state index in [4.69, 9.17) is 4.74 Å². The highest BCUT2D eigenvalue weighted by Gasteiger charge is 2.33. The topological polar surface area (TPSA) is 66.8 Å². The number of benzene rings is 1. The molecule has 102 valence electrons. The molecule has 3 unspecified atom stereocenters. The zero-order valence-corrected chi connectivity index (χ0v) is 10.8. The predicted octanol–water partition coefficient (Wildman–Crippen LogP) is 1.67. The molecule has 0 aromatic heterocycles. The minimum absolute atomic E-state index is 0.236. The second kappa shape index (κ2) is 5.99. The summed E-state index contributed by atoms with van der Waals surface area (Å²) in [5.74, 6) is -0.409. The monoisotopic (exact) mass is 262 g/mol. The Kier molecular flexibility index (Phi) is 4.35. The van der Waals surface area contributed by atoms with Crippen LogP contribution in [0.15, 0.2) is 42.0 Å². The molecule has 19 heavy (non-hydrogen) atoms. The van der Waals surface area contributed by atoms with Gasteiger partial charge in [0, 0.05) is 12.8 Å². The zero-order chi connectivity index (χ0) is 13.8. The van der Waals surface area contributed by atoms with Crippen LogP contribution in [0.1, 0.15) is 30.1 Å². The first kappa shape index (κ1) is 13.8. The van der Waals surface area contributed by atoms with E-state index in [9.17, 15) is 15.0 Å². The maximum absolute atomic E-state index is 12.0. The van der Waals surface area contributed by atoms with E-state index in [2.05, 4.69) is 0 Å². The molecular formula is C15H18O4. The normalized spacial score (nSPS) is 29.2. The van der Waals surface area contributed by atoms with Crippen LogP contribution in [0.4, 0.5) is 0 Å². The summed E-state index contributed by atoms with van der Waals surface area (Å²) in [7, 11) is 0. The molecule has 0 spiro atoms. The van der Waals surface area contributed by atoms with E-state index in [1.54, 1.807) is 24.3 Å². The molecule has 0 bridgehead atoms. The van der Waals surface area contributed by atoms with Crippen molar-refractivity contribution in [2.75, 3.05) is 0 Å². The number of carbonyl (C=O) groups excluding carboxylic acids is 1. The summed E-state index contributed by atoms with van der Waals surface area (Å²) in [6, 6.07) is 8.74. The molecule has 1 aromatic rings. The Morgan fingerprint density at radius 1 is 1.26 bits per heavy atom. The highest BCUT2D eigenvalue weighted by molar-refractivity contribution is 5.89. The molecule has 1 saturated carbocycles. The van der Waals surface area contributed by atoms with Gasteiger partial charge in [-0.05, 0) is 24.6 Å². The van der Waals surface area contributed by atoms with Crippen LogP contribution < -0.4 is 0 Å². The lowest BCUT2D eigenvalue weighted by atomic mass is 9.87. The second-order valence-electron chi connectivity index (χ2n) is 4.70. The van der Waals surface area contributed by atoms with Crippen molar-refractivity contribution in [1.82, 2.24) is 0 Å². The predicted molar refractivity (Wildman–Crippen MR) is 70.7 cm³/mol. The van der Waals surface area contributed by atoms with Gasteiger partial charge in [-0.3, -0.25) is 0 Å². The van der Waals surface area contributed by atoms with Crippen molar-refractivity contribution >= 4 is 5.97 Å². The van der Waals surface area contributed by atoms with E-state index >= 15 is 0 Å². The van der Waals surface area contributed by atoms with Crippen LogP contribution in [-0.4, -0.2) is 34.5 Å². The van der Waals surface area contributed by atoms with Crippen LogP contribution in [0.5, 0.6) is 0 Å². The summed E-state index contributed by atoms with van der Waals surface area (Å²) in [6.45, 7) is 1.84. The molecule has 1 aliphatic carbocycles. The van der Waals surface area contributed by atoms with Crippen LogP contribution in [0.25, 0.3) is 0 Å². The first-order chi connectivity index (χ1) is 9.11. The fraction of sp³-hybridized carbons (Fsp3) is 0.400. The van der Waals surface area contributed by atoms with Crippen LogP contribution in [0.3, 0.4) is 0 Å². The number of allylic oxidation sites excluding steroid dienone is 1. The fourth-order valence-corrected chi connectivity index (χ4v) is 2.24. The average Bonchev–Trinajstić information content (AvgIpc) is 2.43. The van der Waals surface area contributed by atoms with Crippen LogP contribution in [0.2, 0.25) is 0 Å². The van der Waals surface area contributed by atoms with Gasteiger partial charge in [-0.15, -0.1) is 0 Å². The summed E-state index contributed by atoms with van der Waals surface area (Å²) in [6.07, 6.45) is 0.313. The molecule has 0 aliphatic heterocycles. The lowest BCUT2D eigenvalue weighted by molar-refractivity contribution is -0.0370. The fourth-order valence-electron chi connectivity index (χ4n) is 2.24. The van der Waals surface area contributed by atoms with E-state index in [0.717, 1.165) is 5.57 Å². The summed E-state index contributed by atoms with van der Waals surface area (Å²) in [5, 5.41) is 19.3. The van der Waals surface area contributed by atoms with Gasteiger partial charge >= 0.3 is 5.97 Å². The van der Waals surface area contributed by atoms with E-state index < -0.39 is 24.3 Å². The lowest BCUT2D eigenvalue weighted by Crippen LogP contribution is -2.39. The second-order valence-corrected chi connectivity index (χ2v) is 4.70. The third-order valence-electron chi connectivity index (χ3n) is 3.39. The van der Waals surface area contributed by atoms with Gasteiger partial charge in [0.25, 0.3) is 0 Å². The number of rotatable bonds is 2. The summed E-state index contributed by atoms with van der Waals surface area (Å²) in [4.78, 5) is 12.0. The van der Waals surface area contributed by atoms with Gasteiger partial charge in [-0.1, -0.05) is 24.3 Å². The van der Waals surface area contributed by atoms with Gasteiger partial charge in [0.2, 0.25) is 0 Å². The lowest BCUT2D eigenvalue weighted by Gasteiger charge is -2.32. The Bertz CT molecular complexity index is 466.